The minimum absolute atomic E-state index is 0.205. The molecule has 1 heterocycles. The van der Waals surface area contributed by atoms with Gasteiger partial charge in [-0.25, -0.2) is 0 Å². The standard InChI is InChI=1S/C17H25NO2/c1-3-16(19)15-7-9-18(10-8-15)17(20)12-14-6-4-5-13(2)11-14/h4-6,11,15-16,19H,3,7-10,12H2,1-2H3. The zero-order chi connectivity index (χ0) is 14.5. The highest BCUT2D eigenvalue weighted by molar-refractivity contribution is 5.78. The Hall–Kier alpha value is -1.35. The largest absolute Gasteiger partial charge is 0.393 e. The summed E-state index contributed by atoms with van der Waals surface area (Å²) in [5, 5.41) is 9.87. The van der Waals surface area contributed by atoms with Gasteiger partial charge in [0.2, 0.25) is 5.91 Å². The first-order chi connectivity index (χ1) is 9.60. The summed E-state index contributed by atoms with van der Waals surface area (Å²) in [5.74, 6) is 0.572. The molecule has 1 aliphatic heterocycles. The van der Waals surface area contributed by atoms with E-state index in [0.717, 1.165) is 37.9 Å². The number of aliphatic hydroxyl groups is 1. The number of carbonyl (C=O) groups is 1. The molecule has 0 aromatic heterocycles. The number of piperidine rings is 1. The molecule has 1 aromatic carbocycles. The predicted molar refractivity (Wildman–Crippen MR) is 80.5 cm³/mol. The van der Waals surface area contributed by atoms with E-state index in [0.29, 0.717) is 12.3 Å². The lowest BCUT2D eigenvalue weighted by molar-refractivity contribution is -0.132. The minimum Gasteiger partial charge on any atom is -0.393 e. The fourth-order valence-corrected chi connectivity index (χ4v) is 2.98. The van der Waals surface area contributed by atoms with E-state index < -0.39 is 0 Å². The van der Waals surface area contributed by atoms with Crippen LogP contribution in [0.3, 0.4) is 0 Å². The fraction of sp³-hybridized carbons (Fsp3) is 0.588. The van der Waals surface area contributed by atoms with Crippen LogP contribution in [0.1, 0.15) is 37.3 Å². The second-order valence-electron chi connectivity index (χ2n) is 5.86. The number of aliphatic hydroxyl groups excluding tert-OH is 1. The first-order valence-electron chi connectivity index (χ1n) is 7.61. The Labute approximate surface area is 121 Å². The van der Waals surface area contributed by atoms with Crippen molar-refractivity contribution in [2.45, 2.75) is 45.6 Å². The summed E-state index contributed by atoms with van der Waals surface area (Å²) >= 11 is 0. The molecule has 2 rings (SSSR count). The van der Waals surface area contributed by atoms with Crippen LogP contribution >= 0.6 is 0 Å². The van der Waals surface area contributed by atoms with Crippen LogP contribution in [0, 0.1) is 12.8 Å². The van der Waals surface area contributed by atoms with Crippen LogP contribution < -0.4 is 0 Å². The number of amides is 1. The second-order valence-corrected chi connectivity index (χ2v) is 5.86. The zero-order valence-corrected chi connectivity index (χ0v) is 12.5. The number of aryl methyl sites for hydroxylation is 1. The molecule has 1 amide bonds. The van der Waals surface area contributed by atoms with Crippen molar-refractivity contribution in [2.75, 3.05) is 13.1 Å². The Morgan fingerprint density at radius 2 is 2.10 bits per heavy atom. The average Bonchev–Trinajstić information content (AvgIpc) is 2.46. The first kappa shape index (κ1) is 15.0. The number of nitrogens with zero attached hydrogens (tertiary/aromatic N) is 1. The van der Waals surface area contributed by atoms with E-state index in [4.69, 9.17) is 0 Å². The van der Waals surface area contributed by atoms with Crippen molar-refractivity contribution in [2.24, 2.45) is 5.92 Å². The van der Waals surface area contributed by atoms with Crippen molar-refractivity contribution in [1.29, 1.82) is 0 Å². The lowest BCUT2D eigenvalue weighted by Crippen LogP contribution is -2.41. The molecule has 0 saturated carbocycles. The third-order valence-corrected chi connectivity index (χ3v) is 4.29. The highest BCUT2D eigenvalue weighted by atomic mass is 16.3. The lowest BCUT2D eigenvalue weighted by Gasteiger charge is -2.34. The summed E-state index contributed by atoms with van der Waals surface area (Å²) in [6.45, 7) is 5.63. The normalized spacial score (nSPS) is 18.1. The monoisotopic (exact) mass is 275 g/mol. The van der Waals surface area contributed by atoms with Gasteiger partial charge in [0.1, 0.15) is 0 Å². The van der Waals surface area contributed by atoms with Crippen molar-refractivity contribution >= 4 is 5.91 Å². The molecule has 20 heavy (non-hydrogen) atoms. The molecular weight excluding hydrogens is 250 g/mol. The number of carbonyl (C=O) groups excluding carboxylic acids is 1. The van der Waals surface area contributed by atoms with Gasteiger partial charge < -0.3 is 10.0 Å². The van der Waals surface area contributed by atoms with E-state index in [1.807, 2.05) is 36.9 Å². The van der Waals surface area contributed by atoms with Gasteiger partial charge in [-0.2, -0.15) is 0 Å². The van der Waals surface area contributed by atoms with Crippen molar-refractivity contribution in [1.82, 2.24) is 4.90 Å². The third-order valence-electron chi connectivity index (χ3n) is 4.29. The van der Waals surface area contributed by atoms with Crippen molar-refractivity contribution < 1.29 is 9.90 Å². The van der Waals surface area contributed by atoms with Crippen LogP contribution in [-0.4, -0.2) is 35.1 Å². The molecule has 3 heteroatoms. The number of hydrogen-bond acceptors (Lipinski definition) is 2. The zero-order valence-electron chi connectivity index (χ0n) is 12.5. The van der Waals surface area contributed by atoms with E-state index in [2.05, 4.69) is 6.07 Å². The van der Waals surface area contributed by atoms with Crippen LogP contribution in [-0.2, 0) is 11.2 Å². The van der Waals surface area contributed by atoms with Crippen LogP contribution in [0.5, 0.6) is 0 Å². The van der Waals surface area contributed by atoms with E-state index in [9.17, 15) is 9.90 Å². The molecule has 1 atom stereocenters. The summed E-state index contributed by atoms with van der Waals surface area (Å²) in [6.07, 6.45) is 2.94. The maximum absolute atomic E-state index is 12.3. The number of rotatable bonds is 4. The smallest absolute Gasteiger partial charge is 0.226 e. The highest BCUT2D eigenvalue weighted by Gasteiger charge is 2.26. The van der Waals surface area contributed by atoms with Gasteiger partial charge in [-0.05, 0) is 37.7 Å². The summed E-state index contributed by atoms with van der Waals surface area (Å²) in [4.78, 5) is 14.2. The van der Waals surface area contributed by atoms with Gasteiger partial charge in [-0.15, -0.1) is 0 Å². The molecule has 0 aliphatic carbocycles. The van der Waals surface area contributed by atoms with Gasteiger partial charge in [0, 0.05) is 13.1 Å². The Morgan fingerprint density at radius 1 is 1.40 bits per heavy atom. The van der Waals surface area contributed by atoms with E-state index >= 15 is 0 Å². The third kappa shape index (κ3) is 3.83. The van der Waals surface area contributed by atoms with Crippen LogP contribution in [0.4, 0.5) is 0 Å². The van der Waals surface area contributed by atoms with E-state index in [1.165, 1.54) is 5.56 Å². The van der Waals surface area contributed by atoms with Gasteiger partial charge in [-0.3, -0.25) is 4.79 Å². The Balaban J connectivity index is 1.86. The highest BCUT2D eigenvalue weighted by Crippen LogP contribution is 2.22. The predicted octanol–water partition coefficient (Wildman–Crippen LogP) is 2.55. The molecule has 1 aliphatic rings. The molecule has 0 radical (unpaired) electrons. The Bertz CT molecular complexity index is 450. The molecule has 0 spiro atoms. The molecule has 1 saturated heterocycles. The Kier molecular flexibility index (Phi) is 5.18. The molecule has 3 nitrogen and oxygen atoms in total. The van der Waals surface area contributed by atoms with Crippen molar-refractivity contribution in [3.05, 3.63) is 35.4 Å². The lowest BCUT2D eigenvalue weighted by atomic mass is 9.90. The molecule has 1 N–H and O–H groups in total. The maximum atomic E-state index is 12.3. The topological polar surface area (TPSA) is 40.5 Å². The van der Waals surface area contributed by atoms with Crippen LogP contribution in [0.2, 0.25) is 0 Å². The van der Waals surface area contributed by atoms with Crippen LogP contribution in [0.15, 0.2) is 24.3 Å². The molecule has 1 fully saturated rings. The molecule has 1 unspecified atom stereocenters. The maximum Gasteiger partial charge on any atom is 0.226 e. The number of benzene rings is 1. The quantitative estimate of drug-likeness (QED) is 0.917. The minimum atomic E-state index is -0.205. The summed E-state index contributed by atoms with van der Waals surface area (Å²) < 4.78 is 0. The number of hydrogen-bond donors (Lipinski definition) is 1. The summed E-state index contributed by atoms with van der Waals surface area (Å²) in [6, 6.07) is 8.14. The number of likely N-dealkylation sites (tertiary alicyclic amines) is 1. The van der Waals surface area contributed by atoms with E-state index in [1.54, 1.807) is 0 Å². The van der Waals surface area contributed by atoms with Gasteiger partial charge in [-0.1, -0.05) is 36.8 Å². The summed E-state index contributed by atoms with van der Waals surface area (Å²) in [7, 11) is 0. The van der Waals surface area contributed by atoms with Crippen molar-refractivity contribution in [3.8, 4) is 0 Å². The SMILES string of the molecule is CCC(O)C1CCN(C(=O)Cc2cccc(C)c2)CC1. The average molecular weight is 275 g/mol. The van der Waals surface area contributed by atoms with Crippen molar-refractivity contribution in [3.63, 3.8) is 0 Å². The molecular formula is C17H25NO2. The summed E-state index contributed by atoms with van der Waals surface area (Å²) in [5.41, 5.74) is 2.28. The van der Waals surface area contributed by atoms with Gasteiger partial charge in [0.25, 0.3) is 0 Å². The first-order valence-corrected chi connectivity index (χ1v) is 7.61. The van der Waals surface area contributed by atoms with Gasteiger partial charge >= 0.3 is 0 Å². The second kappa shape index (κ2) is 6.89. The van der Waals surface area contributed by atoms with Gasteiger partial charge in [0.15, 0.2) is 0 Å². The fourth-order valence-electron chi connectivity index (χ4n) is 2.98. The molecule has 1 aromatic rings. The van der Waals surface area contributed by atoms with E-state index in [-0.39, 0.29) is 12.0 Å². The van der Waals surface area contributed by atoms with Crippen LogP contribution in [0.25, 0.3) is 0 Å². The molecule has 110 valence electrons. The molecule has 0 bridgehead atoms. The Morgan fingerprint density at radius 3 is 2.70 bits per heavy atom. The van der Waals surface area contributed by atoms with Gasteiger partial charge in [0.05, 0.1) is 12.5 Å².